The van der Waals surface area contributed by atoms with Crippen LogP contribution in [0.1, 0.15) is 327 Å². The minimum absolute atomic E-state index is 0.00490. The number of nitriles is 2. The minimum Gasteiger partial charge on any atom is -0.355 e. The Morgan fingerprint density at radius 3 is 0.538 bits per heavy atom. The highest BCUT2D eigenvalue weighted by Crippen LogP contribution is 2.55. The molecule has 0 aliphatic carbocycles. The van der Waals surface area contributed by atoms with Crippen molar-refractivity contribution in [2.45, 2.75) is 314 Å². The summed E-state index contributed by atoms with van der Waals surface area (Å²) in [4.78, 5) is 3.54. The van der Waals surface area contributed by atoms with Gasteiger partial charge < -0.3 is 23.3 Å². The molecule has 0 fully saturated rings. The van der Waals surface area contributed by atoms with Gasteiger partial charge in [-0.05, 0) is 264 Å². The second-order valence-corrected chi connectivity index (χ2v) is 53.4. The van der Waals surface area contributed by atoms with Crippen molar-refractivity contribution in [3.05, 3.63) is 332 Å². The van der Waals surface area contributed by atoms with E-state index >= 15 is 0 Å². The largest absolute Gasteiger partial charge is 0.355 e. The molecule has 0 saturated carbocycles. The van der Waals surface area contributed by atoms with Gasteiger partial charge in [0, 0.05) is 70.5 Å². The summed E-state index contributed by atoms with van der Waals surface area (Å²) in [6.07, 6.45) is 0. The molecule has 0 unspecified atom stereocenters. The smallest absolute Gasteiger partial charge is 0.180 e. The van der Waals surface area contributed by atoms with Crippen molar-refractivity contribution in [1.29, 1.82) is 10.5 Å². The first-order chi connectivity index (χ1) is 67.1. The van der Waals surface area contributed by atoms with Crippen molar-refractivity contribution in [2.24, 2.45) is 0 Å². The normalized spacial score (nSPS) is 13.2. The number of benzene rings is 14. The van der Waals surface area contributed by atoms with Gasteiger partial charge in [0.05, 0.1) is 72.4 Å². The summed E-state index contributed by atoms with van der Waals surface area (Å²) in [5.74, 6) is -6.51. The molecule has 0 amide bonds. The van der Waals surface area contributed by atoms with E-state index in [9.17, 15) is 22.8 Å². The van der Waals surface area contributed by atoms with Gasteiger partial charge in [0.25, 0.3) is 0 Å². The molecule has 1 N–H and O–H groups in total. The number of halogens is 4. The molecule has 7 nitrogen and oxygen atoms in total. The predicted octanol–water partition coefficient (Wildman–Crippen LogP) is 38.3. The van der Waals surface area contributed by atoms with Crippen LogP contribution < -0.4 is 0 Å². The summed E-state index contributed by atoms with van der Waals surface area (Å²) in [6, 6.07) is 91.3. The molecule has 0 radical (unpaired) electrons. The number of aromatic amines is 1. The van der Waals surface area contributed by atoms with Gasteiger partial charge in [0.1, 0.15) is 23.3 Å². The molecule has 11 heteroatoms. The van der Waals surface area contributed by atoms with Crippen LogP contribution in [-0.4, -0.2) is 23.3 Å². The summed E-state index contributed by atoms with van der Waals surface area (Å²) < 4.78 is 65.5. The summed E-state index contributed by atoms with van der Waals surface area (Å²) in [7, 11) is 0. The fourth-order valence-electron chi connectivity index (χ4n) is 20.8. The van der Waals surface area contributed by atoms with Crippen LogP contribution in [0.2, 0.25) is 0 Å². The van der Waals surface area contributed by atoms with E-state index in [1.165, 1.54) is 117 Å². The Labute approximate surface area is 857 Å². The van der Waals surface area contributed by atoms with Gasteiger partial charge in [-0.25, -0.2) is 17.6 Å². The zero-order chi connectivity index (χ0) is 106. The average molecular weight is 1930 g/mol. The lowest BCUT2D eigenvalue weighted by molar-refractivity contribution is 0.454. The van der Waals surface area contributed by atoms with E-state index in [-0.39, 0.29) is 70.5 Å². The molecule has 0 atom stereocenters. The van der Waals surface area contributed by atoms with Crippen LogP contribution in [0.3, 0.4) is 0 Å². The Hall–Kier alpha value is -13.2. The van der Waals surface area contributed by atoms with Gasteiger partial charge in [-0.3, -0.25) is 0 Å². The third kappa shape index (κ3) is 18.7. The van der Waals surface area contributed by atoms with E-state index in [4.69, 9.17) is 5.26 Å². The molecule has 19 aromatic rings. The number of fused-ring (bicyclic) bond motifs is 15. The standard InChI is InChI=1S/C97H109N5.C20H25N.C17H13F4N/c1-89(2,3)58-30-28-57(29-31-58)84-87(101-80-44-36-63(94(16,17)18)52-71(80)72-53-64(95(19,20)21)37-45-81(72)101)85(99-76-40-32-59(90(4,5)6)48-67(76)68-49-60(91(7,8)9)33-41-77(68)99)75(56-98)86(100-78-42-34-61(92(10,11)12)50-69(78)70-51-62(93(13,14)15)35-43-79(70)100)88(84)102-82-46-38-65(96(22,23)24)54-73(82)74-55-66(97(25,26)27)39-47-83(74)102;1-19(2,3)13-7-9-17-15(11-13)16-12-14(20(4,5)6)8-10-18(16)21-17;1-17(2,3)10-6-4-9(5-7-10)12-15(20)13(18)11(8-22)14(19)16(12)21/h28-55H,1-27H3;7-12,21H,1-6H3;4-7H,1-3H3. The zero-order valence-electron chi connectivity index (χ0n) is 92.6. The number of rotatable bonds is 6. The Kier molecular flexibility index (Phi) is 25.1. The van der Waals surface area contributed by atoms with Crippen LogP contribution in [-0.2, 0) is 65.0 Å². The molecule has 0 saturated heterocycles. The summed E-state index contributed by atoms with van der Waals surface area (Å²) in [5.41, 5.74) is 28.7. The van der Waals surface area contributed by atoms with Crippen molar-refractivity contribution in [3.63, 3.8) is 0 Å². The highest BCUT2D eigenvalue weighted by molar-refractivity contribution is 6.18. The number of nitrogens with one attached hydrogen (secondary N) is 1. The molecular weight excluding hydrogens is 1780 g/mol. The first-order valence-electron chi connectivity index (χ1n) is 51.7. The quantitative estimate of drug-likeness (QED) is 0.133. The van der Waals surface area contributed by atoms with E-state index in [0.717, 1.165) is 111 Å². The molecule has 14 aromatic carbocycles. The lowest BCUT2D eigenvalue weighted by Gasteiger charge is -2.30. The first kappa shape index (κ1) is 103. The molecule has 0 spiro atoms. The van der Waals surface area contributed by atoms with E-state index in [1.54, 1.807) is 12.1 Å². The third-order valence-corrected chi connectivity index (χ3v) is 30.2. The molecule has 5 heterocycles. The maximum absolute atomic E-state index is 14.0. The maximum atomic E-state index is 14.0. The number of nitrogens with zero attached hydrogens (tertiary/aromatic N) is 6. The Balaban J connectivity index is 0.000000273. The second kappa shape index (κ2) is 35.3. The van der Waals surface area contributed by atoms with Gasteiger partial charge in [-0.2, -0.15) is 10.5 Å². The number of hydrogen-bond acceptors (Lipinski definition) is 2. The fourth-order valence-corrected chi connectivity index (χ4v) is 20.8. The topological polar surface area (TPSA) is 83.1 Å². The summed E-state index contributed by atoms with van der Waals surface area (Å²) in [5, 5.41) is 34.3. The van der Waals surface area contributed by atoms with Crippen molar-refractivity contribution < 1.29 is 17.6 Å². The van der Waals surface area contributed by atoms with Crippen molar-refractivity contribution >= 4 is 109 Å². The summed E-state index contributed by atoms with van der Waals surface area (Å²) >= 11 is 0. The van der Waals surface area contributed by atoms with E-state index in [1.807, 2.05) is 20.8 Å². The second-order valence-electron chi connectivity index (χ2n) is 53.4. The van der Waals surface area contributed by atoms with E-state index < -0.39 is 34.4 Å². The molecule has 0 aliphatic rings. The number of hydrogen-bond donors (Lipinski definition) is 1. The van der Waals surface area contributed by atoms with Gasteiger partial charge in [-0.15, -0.1) is 0 Å². The monoisotopic (exact) mass is 1930 g/mol. The fraction of sp³-hybridized carbons (Fsp3) is 0.358. The highest BCUT2D eigenvalue weighted by atomic mass is 19.2. The number of aromatic nitrogens is 5. The molecule has 0 bridgehead atoms. The van der Waals surface area contributed by atoms with Crippen molar-refractivity contribution in [2.75, 3.05) is 0 Å². The molecule has 746 valence electrons. The third-order valence-electron chi connectivity index (χ3n) is 30.2. The van der Waals surface area contributed by atoms with Crippen LogP contribution in [0.25, 0.3) is 154 Å². The Morgan fingerprint density at radius 2 is 0.352 bits per heavy atom. The SMILES string of the molecule is CC(C)(C)c1ccc(-c2c(-n3c4ccc(C(C)(C)C)cc4c4cc(C(C)(C)C)ccc43)c(-n3c4ccc(C(C)(C)C)cc4c4cc(C(C)(C)C)ccc43)c(C#N)c(-n3c4ccc(C(C)(C)C)cc4c4cc(C(C)(C)C)ccc43)c2-n2c3ccc(C(C)(C)C)cc3c3cc(C(C)(C)C)ccc32)cc1.CC(C)(C)c1ccc(-c2c(F)c(F)c(C#N)c(F)c2F)cc1.CC(C)(C)c1ccc2[nH]c3ccc(C(C)(C)C)cc3c2c1. The Morgan fingerprint density at radius 1 is 0.186 bits per heavy atom. The average Bonchev–Trinajstić information content (AvgIpc) is 1.53. The van der Waals surface area contributed by atoms with E-state index in [2.05, 4.69) is 464 Å². The van der Waals surface area contributed by atoms with Gasteiger partial charge >= 0.3 is 0 Å². The van der Waals surface area contributed by atoms with Gasteiger partial charge in [0.15, 0.2) is 23.3 Å². The van der Waals surface area contributed by atoms with Crippen LogP contribution >= 0.6 is 0 Å². The minimum atomic E-state index is -1.68. The summed E-state index contributed by atoms with van der Waals surface area (Å²) in [6.45, 7) is 82.3. The van der Waals surface area contributed by atoms with Crippen LogP contribution in [0.4, 0.5) is 17.6 Å². The Bertz CT molecular complexity index is 7850. The molecular formula is C134H147F4N7. The zero-order valence-corrected chi connectivity index (χ0v) is 92.6. The van der Waals surface area contributed by atoms with Crippen molar-refractivity contribution in [1.82, 2.24) is 23.3 Å². The lowest BCUT2D eigenvalue weighted by Crippen LogP contribution is -2.17. The van der Waals surface area contributed by atoms with Crippen LogP contribution in [0.15, 0.2) is 231 Å². The lowest BCUT2D eigenvalue weighted by atomic mass is 9.85. The number of H-pyrrole nitrogens is 1. The maximum Gasteiger partial charge on any atom is 0.180 e. The van der Waals surface area contributed by atoms with Gasteiger partial charge in [-0.1, -0.05) is 358 Å². The van der Waals surface area contributed by atoms with Crippen molar-refractivity contribution in [3.8, 4) is 57.1 Å². The van der Waals surface area contributed by atoms with E-state index in [0.29, 0.717) is 5.56 Å². The molecule has 5 aromatic heterocycles. The highest BCUT2D eigenvalue weighted by Gasteiger charge is 2.39. The van der Waals surface area contributed by atoms with Crippen LogP contribution in [0, 0.1) is 45.9 Å². The molecule has 19 rings (SSSR count). The predicted molar refractivity (Wildman–Crippen MR) is 611 cm³/mol. The van der Waals surface area contributed by atoms with Gasteiger partial charge in [0.2, 0.25) is 0 Å². The molecule has 0 aliphatic heterocycles. The molecule has 145 heavy (non-hydrogen) atoms. The first-order valence-corrected chi connectivity index (χ1v) is 51.7. The van der Waals surface area contributed by atoms with Crippen LogP contribution in [0.5, 0.6) is 0 Å².